The van der Waals surface area contributed by atoms with Gasteiger partial charge >= 0.3 is 0 Å². The summed E-state index contributed by atoms with van der Waals surface area (Å²) < 4.78 is 11.9. The van der Waals surface area contributed by atoms with Crippen LogP contribution < -0.4 is 10.1 Å². The number of aryl methyl sites for hydroxylation is 1. The molecule has 0 aromatic heterocycles. The highest BCUT2D eigenvalue weighted by Crippen LogP contribution is 2.54. The van der Waals surface area contributed by atoms with Gasteiger partial charge in [0.1, 0.15) is 11.5 Å². The van der Waals surface area contributed by atoms with Crippen molar-refractivity contribution in [1.82, 2.24) is 5.32 Å². The Morgan fingerprint density at radius 3 is 2.81 bits per heavy atom. The number of benzene rings is 1. The molecule has 0 fully saturated rings. The second-order valence-electron chi connectivity index (χ2n) is 5.89. The largest absolute Gasteiger partial charge is 0.497 e. The predicted octanol–water partition coefficient (Wildman–Crippen LogP) is 3.09. The predicted molar refractivity (Wildman–Crippen MR) is 84.7 cm³/mol. The van der Waals surface area contributed by atoms with Gasteiger partial charge in [0.2, 0.25) is 0 Å². The lowest BCUT2D eigenvalue weighted by Gasteiger charge is -2.39. The molecule has 1 aliphatic heterocycles. The first-order valence-corrected chi connectivity index (χ1v) is 7.49. The van der Waals surface area contributed by atoms with E-state index in [0.717, 1.165) is 24.5 Å². The van der Waals surface area contributed by atoms with Crippen LogP contribution in [0.5, 0.6) is 5.75 Å². The Bertz CT molecular complexity index is 618. The van der Waals surface area contributed by atoms with E-state index in [1.807, 2.05) is 13.1 Å². The molecular formula is C18H23NO2. The fraction of sp³-hybridized carbons (Fsp3) is 0.444. The van der Waals surface area contributed by atoms with E-state index in [1.54, 1.807) is 7.11 Å². The second-order valence-corrected chi connectivity index (χ2v) is 5.89. The normalized spacial score (nSPS) is 26.4. The SMILES string of the molecule is CNCCC12C(C)=CC=C(OC)[C@@H]1Oc1cccc(C)c12. The van der Waals surface area contributed by atoms with Crippen molar-refractivity contribution in [2.24, 2.45) is 0 Å². The lowest BCUT2D eigenvalue weighted by atomic mass is 9.66. The third-order valence-electron chi connectivity index (χ3n) is 4.84. The molecule has 1 aromatic rings. The topological polar surface area (TPSA) is 30.5 Å². The van der Waals surface area contributed by atoms with Crippen molar-refractivity contribution in [2.45, 2.75) is 31.8 Å². The Morgan fingerprint density at radius 2 is 2.10 bits per heavy atom. The fourth-order valence-electron chi connectivity index (χ4n) is 3.77. The van der Waals surface area contributed by atoms with Crippen molar-refractivity contribution in [3.63, 3.8) is 0 Å². The van der Waals surface area contributed by atoms with Crippen LogP contribution in [0, 0.1) is 6.92 Å². The van der Waals surface area contributed by atoms with Gasteiger partial charge in [0.25, 0.3) is 0 Å². The Balaban J connectivity index is 2.20. The van der Waals surface area contributed by atoms with E-state index in [1.165, 1.54) is 16.7 Å². The number of fused-ring (bicyclic) bond motifs is 3. The monoisotopic (exact) mass is 285 g/mol. The first-order valence-electron chi connectivity index (χ1n) is 7.49. The molecule has 2 atom stereocenters. The second kappa shape index (κ2) is 5.23. The zero-order valence-corrected chi connectivity index (χ0v) is 13.2. The maximum absolute atomic E-state index is 6.30. The summed E-state index contributed by atoms with van der Waals surface area (Å²) in [5.41, 5.74) is 3.83. The van der Waals surface area contributed by atoms with E-state index in [-0.39, 0.29) is 11.5 Å². The van der Waals surface area contributed by atoms with Gasteiger partial charge in [0.05, 0.1) is 12.5 Å². The number of methoxy groups -OCH3 is 1. The van der Waals surface area contributed by atoms with E-state index in [2.05, 4.69) is 43.4 Å². The molecule has 112 valence electrons. The van der Waals surface area contributed by atoms with Gasteiger partial charge in [-0.1, -0.05) is 23.8 Å². The molecule has 1 aliphatic carbocycles. The Labute approximate surface area is 126 Å². The molecule has 0 bridgehead atoms. The summed E-state index contributed by atoms with van der Waals surface area (Å²) >= 11 is 0. The molecule has 0 radical (unpaired) electrons. The fourth-order valence-corrected chi connectivity index (χ4v) is 3.77. The summed E-state index contributed by atoms with van der Waals surface area (Å²) in [6, 6.07) is 6.30. The van der Waals surface area contributed by atoms with Gasteiger partial charge < -0.3 is 14.8 Å². The molecule has 1 aromatic carbocycles. The van der Waals surface area contributed by atoms with Crippen LogP contribution in [0.2, 0.25) is 0 Å². The van der Waals surface area contributed by atoms with Crippen LogP contribution in [-0.4, -0.2) is 26.8 Å². The molecule has 21 heavy (non-hydrogen) atoms. The quantitative estimate of drug-likeness (QED) is 0.922. The highest BCUT2D eigenvalue weighted by Gasteiger charge is 2.53. The van der Waals surface area contributed by atoms with Crippen molar-refractivity contribution >= 4 is 0 Å². The summed E-state index contributed by atoms with van der Waals surface area (Å²) in [4.78, 5) is 0. The van der Waals surface area contributed by atoms with Gasteiger partial charge in [-0.3, -0.25) is 0 Å². The van der Waals surface area contributed by atoms with E-state index in [4.69, 9.17) is 9.47 Å². The van der Waals surface area contributed by atoms with Crippen molar-refractivity contribution < 1.29 is 9.47 Å². The molecule has 1 N–H and O–H groups in total. The molecule has 0 amide bonds. The minimum atomic E-state index is -0.121. The maximum Gasteiger partial charge on any atom is 0.169 e. The summed E-state index contributed by atoms with van der Waals surface area (Å²) in [5, 5.41) is 3.28. The standard InChI is InChI=1S/C18H23NO2/c1-12-6-5-7-14-16(12)18(10-11-19-3)13(2)8-9-15(20-4)17(18)21-14/h5-9,17,19H,10-11H2,1-4H3/t17-,18?/m0/s1. The van der Waals surface area contributed by atoms with Crippen molar-refractivity contribution in [1.29, 1.82) is 0 Å². The number of hydrogen-bond acceptors (Lipinski definition) is 3. The van der Waals surface area contributed by atoms with E-state index in [0.29, 0.717) is 0 Å². The molecule has 0 spiro atoms. The molecule has 1 unspecified atom stereocenters. The van der Waals surface area contributed by atoms with Gasteiger partial charge in [0.15, 0.2) is 6.10 Å². The minimum absolute atomic E-state index is 0.0584. The molecule has 0 saturated carbocycles. The van der Waals surface area contributed by atoms with Gasteiger partial charge in [0, 0.05) is 5.56 Å². The maximum atomic E-state index is 6.30. The Morgan fingerprint density at radius 1 is 1.29 bits per heavy atom. The molecule has 2 aliphatic rings. The first-order chi connectivity index (χ1) is 10.1. The molecule has 1 heterocycles. The van der Waals surface area contributed by atoms with E-state index >= 15 is 0 Å². The van der Waals surface area contributed by atoms with Crippen LogP contribution in [0.25, 0.3) is 0 Å². The van der Waals surface area contributed by atoms with Crippen LogP contribution in [-0.2, 0) is 10.2 Å². The molecule has 0 saturated heterocycles. The number of nitrogens with one attached hydrogen (secondary N) is 1. The van der Waals surface area contributed by atoms with Crippen LogP contribution in [0.3, 0.4) is 0 Å². The lowest BCUT2D eigenvalue weighted by Crippen LogP contribution is -2.44. The van der Waals surface area contributed by atoms with Crippen LogP contribution >= 0.6 is 0 Å². The number of allylic oxidation sites excluding steroid dienone is 2. The zero-order valence-electron chi connectivity index (χ0n) is 13.2. The highest BCUT2D eigenvalue weighted by atomic mass is 16.5. The summed E-state index contributed by atoms with van der Waals surface area (Å²) in [6.07, 6.45) is 5.15. The van der Waals surface area contributed by atoms with Crippen molar-refractivity contribution in [2.75, 3.05) is 20.7 Å². The number of hydrogen-bond donors (Lipinski definition) is 1. The van der Waals surface area contributed by atoms with E-state index in [9.17, 15) is 0 Å². The van der Waals surface area contributed by atoms with Crippen LogP contribution in [0.4, 0.5) is 0 Å². The van der Waals surface area contributed by atoms with Gasteiger partial charge in [-0.25, -0.2) is 0 Å². The van der Waals surface area contributed by atoms with Crippen LogP contribution in [0.15, 0.2) is 41.7 Å². The molecule has 3 nitrogen and oxygen atoms in total. The van der Waals surface area contributed by atoms with Crippen molar-refractivity contribution in [3.05, 3.63) is 52.8 Å². The van der Waals surface area contributed by atoms with Gasteiger partial charge in [-0.2, -0.15) is 0 Å². The molecular weight excluding hydrogens is 262 g/mol. The van der Waals surface area contributed by atoms with Crippen LogP contribution in [0.1, 0.15) is 24.5 Å². The number of rotatable bonds is 4. The summed E-state index contributed by atoms with van der Waals surface area (Å²) in [7, 11) is 3.72. The Hall–Kier alpha value is -1.74. The average molecular weight is 285 g/mol. The minimum Gasteiger partial charge on any atom is -0.497 e. The highest BCUT2D eigenvalue weighted by molar-refractivity contribution is 5.58. The van der Waals surface area contributed by atoms with Crippen molar-refractivity contribution in [3.8, 4) is 5.75 Å². The van der Waals surface area contributed by atoms with E-state index < -0.39 is 0 Å². The third kappa shape index (κ3) is 1.91. The lowest BCUT2D eigenvalue weighted by molar-refractivity contribution is 0.114. The zero-order chi connectivity index (χ0) is 15.0. The first kappa shape index (κ1) is 14.2. The smallest absolute Gasteiger partial charge is 0.169 e. The van der Waals surface area contributed by atoms with Gasteiger partial charge in [-0.15, -0.1) is 0 Å². The summed E-state index contributed by atoms with van der Waals surface area (Å²) in [5.74, 6) is 1.90. The number of ether oxygens (including phenoxy) is 2. The molecule has 3 rings (SSSR count). The Kier molecular flexibility index (Phi) is 3.54. The third-order valence-corrected chi connectivity index (χ3v) is 4.84. The molecule has 3 heteroatoms. The average Bonchev–Trinajstić information content (AvgIpc) is 2.83. The summed E-state index contributed by atoms with van der Waals surface area (Å²) in [6.45, 7) is 5.32. The van der Waals surface area contributed by atoms with Gasteiger partial charge in [-0.05, 0) is 51.6 Å².